The van der Waals surface area contributed by atoms with E-state index < -0.39 is 6.04 Å². The van der Waals surface area contributed by atoms with E-state index in [1.165, 1.54) is 0 Å². The molecule has 37 heavy (non-hydrogen) atoms. The van der Waals surface area contributed by atoms with Crippen LogP contribution in [0, 0.1) is 5.92 Å². The number of ether oxygens (including phenoxy) is 1. The highest BCUT2D eigenvalue weighted by atomic mass is 16.5. The minimum atomic E-state index is -0.589. The fraction of sp³-hybridized carbons (Fsp3) is 0.345. The van der Waals surface area contributed by atoms with E-state index in [4.69, 9.17) is 4.74 Å². The highest BCUT2D eigenvalue weighted by molar-refractivity contribution is 6.06. The van der Waals surface area contributed by atoms with Crippen molar-refractivity contribution in [2.75, 3.05) is 18.6 Å². The lowest BCUT2D eigenvalue weighted by atomic mass is 9.98. The van der Waals surface area contributed by atoms with Gasteiger partial charge in [0.25, 0.3) is 0 Å². The average molecular weight is 498 g/mol. The summed E-state index contributed by atoms with van der Waals surface area (Å²) in [5.41, 5.74) is 4.66. The Labute approximate surface area is 216 Å². The molecule has 3 aromatic rings. The highest BCUT2D eigenvalue weighted by Gasteiger charge is 2.33. The summed E-state index contributed by atoms with van der Waals surface area (Å²) in [6.07, 6.45) is 1.99. The van der Waals surface area contributed by atoms with Crippen molar-refractivity contribution in [3.8, 4) is 5.75 Å². The number of fused-ring (bicyclic) bond motifs is 2. The molecule has 0 fully saturated rings. The number of amides is 2. The number of benzene rings is 3. The maximum atomic E-state index is 14.0. The molecule has 8 nitrogen and oxygen atoms in total. The molecule has 2 aliphatic heterocycles. The fourth-order valence-electron chi connectivity index (χ4n) is 4.94. The van der Waals surface area contributed by atoms with E-state index in [0.717, 1.165) is 45.3 Å². The van der Waals surface area contributed by atoms with E-state index in [0.29, 0.717) is 31.7 Å². The van der Waals surface area contributed by atoms with Gasteiger partial charge in [-0.1, -0.05) is 50.2 Å². The molecule has 0 bridgehead atoms. The van der Waals surface area contributed by atoms with Crippen LogP contribution in [0.1, 0.15) is 43.4 Å². The summed E-state index contributed by atoms with van der Waals surface area (Å²) in [4.78, 5) is 28.5. The number of hydrogen-bond acceptors (Lipinski definition) is 6. The molecule has 2 amide bonds. The number of carbonyl (C=O) groups excluding carboxylic acids is 2. The molecule has 2 atom stereocenters. The molecule has 190 valence electrons. The zero-order chi connectivity index (χ0) is 25.9. The third kappa shape index (κ3) is 4.83. The number of carbonyl (C=O) groups is 2. The van der Waals surface area contributed by atoms with Crippen LogP contribution in [0.4, 0.5) is 5.69 Å². The zero-order valence-corrected chi connectivity index (χ0v) is 21.4. The van der Waals surface area contributed by atoms with Crippen LogP contribution >= 0.6 is 0 Å². The van der Waals surface area contributed by atoms with Crippen LogP contribution in [0.5, 0.6) is 5.75 Å². The van der Waals surface area contributed by atoms with Gasteiger partial charge in [0.2, 0.25) is 11.8 Å². The minimum absolute atomic E-state index is 0.0877. The average Bonchev–Trinajstić information content (AvgIpc) is 3.44. The van der Waals surface area contributed by atoms with Crippen molar-refractivity contribution in [2.24, 2.45) is 21.4 Å². The Hall–Kier alpha value is -4.07. The van der Waals surface area contributed by atoms with Crippen LogP contribution in [0.3, 0.4) is 0 Å². The number of anilines is 1. The van der Waals surface area contributed by atoms with Crippen molar-refractivity contribution in [3.63, 3.8) is 0 Å². The fourth-order valence-corrected chi connectivity index (χ4v) is 4.94. The summed E-state index contributed by atoms with van der Waals surface area (Å²) in [6, 6.07) is 17.4. The molecule has 0 spiro atoms. The molecule has 0 aromatic heterocycles. The van der Waals surface area contributed by atoms with Gasteiger partial charge in [0, 0.05) is 22.7 Å². The van der Waals surface area contributed by atoms with Crippen molar-refractivity contribution in [1.82, 2.24) is 5.32 Å². The van der Waals surface area contributed by atoms with Gasteiger partial charge in [0.15, 0.2) is 0 Å². The van der Waals surface area contributed by atoms with Gasteiger partial charge in [-0.25, -0.2) is 0 Å². The maximum Gasteiger partial charge on any atom is 0.249 e. The van der Waals surface area contributed by atoms with Gasteiger partial charge in [0.05, 0.1) is 19.4 Å². The Morgan fingerprint density at radius 1 is 1.19 bits per heavy atom. The molecule has 3 aromatic carbocycles. The lowest BCUT2D eigenvalue weighted by Gasteiger charge is -2.28. The Morgan fingerprint density at radius 3 is 2.78 bits per heavy atom. The largest absolute Gasteiger partial charge is 0.496 e. The normalized spacial score (nSPS) is 17.8. The van der Waals surface area contributed by atoms with E-state index in [-0.39, 0.29) is 17.7 Å². The monoisotopic (exact) mass is 497 g/mol. The first-order valence-corrected chi connectivity index (χ1v) is 12.7. The molecular weight excluding hydrogens is 466 g/mol. The highest BCUT2D eigenvalue weighted by Crippen LogP contribution is 2.34. The third-order valence-electron chi connectivity index (χ3n) is 7.33. The number of rotatable bonds is 7. The number of nitrogens with one attached hydrogen (secondary N) is 1. The van der Waals surface area contributed by atoms with E-state index in [9.17, 15) is 9.59 Å². The van der Waals surface area contributed by atoms with Crippen molar-refractivity contribution >= 4 is 34.0 Å². The first-order chi connectivity index (χ1) is 18.0. The Bertz CT molecular complexity index is 1410. The SMILES string of the molecule is CC[C@@H](C)C(=O)N[C@H]1CCc2ccccc2N(Cc2c(OC)ccc3cc(C4=NN=NC4)ccc23)C1=O. The van der Waals surface area contributed by atoms with Gasteiger partial charge in [-0.2, -0.15) is 5.11 Å². The number of aryl methyl sites for hydroxylation is 1. The van der Waals surface area contributed by atoms with Crippen molar-refractivity contribution in [1.29, 1.82) is 0 Å². The van der Waals surface area contributed by atoms with Gasteiger partial charge < -0.3 is 15.0 Å². The van der Waals surface area contributed by atoms with Crippen molar-refractivity contribution in [2.45, 2.75) is 45.7 Å². The van der Waals surface area contributed by atoms with Crippen LogP contribution in [-0.2, 0) is 22.6 Å². The maximum absolute atomic E-state index is 14.0. The minimum Gasteiger partial charge on any atom is -0.496 e. The van der Waals surface area contributed by atoms with E-state index in [1.54, 1.807) is 12.0 Å². The summed E-state index contributed by atoms with van der Waals surface area (Å²) in [7, 11) is 1.64. The van der Waals surface area contributed by atoms with Crippen LogP contribution in [0.15, 0.2) is 70.0 Å². The Kier molecular flexibility index (Phi) is 6.99. The topological polar surface area (TPSA) is 95.7 Å². The van der Waals surface area contributed by atoms with Gasteiger partial charge in [-0.05, 0) is 59.0 Å². The van der Waals surface area contributed by atoms with Crippen LogP contribution in [0.25, 0.3) is 10.8 Å². The molecule has 0 unspecified atom stereocenters. The summed E-state index contributed by atoms with van der Waals surface area (Å²) < 4.78 is 5.76. The first kappa shape index (κ1) is 24.6. The second-order valence-electron chi connectivity index (χ2n) is 9.58. The molecule has 0 radical (unpaired) electrons. The van der Waals surface area contributed by atoms with Crippen molar-refractivity contribution in [3.05, 3.63) is 71.3 Å². The van der Waals surface area contributed by atoms with E-state index in [2.05, 4.69) is 32.9 Å². The standard InChI is InChI=1S/C29H31N5O3/c1-4-18(2)28(35)31-24-13-10-19-7-5-6-8-26(19)34(29(24)36)17-23-22-12-9-21(25-16-30-33-32-25)15-20(22)11-14-27(23)37-3/h5-9,11-12,14-15,18,24H,4,10,13,16-17H2,1-3H3,(H,31,35)/t18-,24+/m1/s1. The molecule has 5 rings (SSSR count). The molecule has 2 aliphatic rings. The predicted molar refractivity (Wildman–Crippen MR) is 144 cm³/mol. The Balaban J connectivity index is 1.55. The van der Waals surface area contributed by atoms with E-state index in [1.807, 2.05) is 56.3 Å². The second kappa shape index (κ2) is 10.5. The summed E-state index contributed by atoms with van der Waals surface area (Å²) in [6.45, 7) is 4.65. The smallest absolute Gasteiger partial charge is 0.249 e. The molecule has 1 N–H and O–H groups in total. The molecule has 0 saturated heterocycles. The summed E-state index contributed by atoms with van der Waals surface area (Å²) >= 11 is 0. The quantitative estimate of drug-likeness (QED) is 0.496. The molecule has 8 heteroatoms. The molecule has 0 saturated carbocycles. The third-order valence-corrected chi connectivity index (χ3v) is 7.33. The van der Waals surface area contributed by atoms with Gasteiger partial charge in [-0.15, -0.1) is 5.10 Å². The number of methoxy groups -OCH3 is 1. The molecule has 0 aliphatic carbocycles. The Morgan fingerprint density at radius 2 is 2.03 bits per heavy atom. The van der Waals surface area contributed by atoms with Crippen LogP contribution < -0.4 is 15.0 Å². The number of para-hydroxylation sites is 1. The van der Waals surface area contributed by atoms with E-state index >= 15 is 0 Å². The lowest BCUT2D eigenvalue weighted by Crippen LogP contribution is -2.49. The molecule has 2 heterocycles. The molecular formula is C29H31N5O3. The summed E-state index contributed by atoms with van der Waals surface area (Å²) in [5.74, 6) is 0.360. The van der Waals surface area contributed by atoms with Gasteiger partial charge >= 0.3 is 0 Å². The number of hydrogen-bond donors (Lipinski definition) is 1. The second-order valence-corrected chi connectivity index (χ2v) is 9.58. The zero-order valence-electron chi connectivity index (χ0n) is 21.4. The lowest BCUT2D eigenvalue weighted by molar-refractivity contribution is -0.129. The first-order valence-electron chi connectivity index (χ1n) is 12.7. The number of nitrogens with zero attached hydrogens (tertiary/aromatic N) is 4. The van der Waals surface area contributed by atoms with Crippen LogP contribution in [0.2, 0.25) is 0 Å². The van der Waals surface area contributed by atoms with Crippen LogP contribution in [-0.4, -0.2) is 37.2 Å². The van der Waals surface area contributed by atoms with Gasteiger partial charge in [-0.3, -0.25) is 9.59 Å². The predicted octanol–water partition coefficient (Wildman–Crippen LogP) is 5.03. The van der Waals surface area contributed by atoms with Gasteiger partial charge in [0.1, 0.15) is 18.3 Å². The van der Waals surface area contributed by atoms with Crippen molar-refractivity contribution < 1.29 is 14.3 Å². The summed E-state index contributed by atoms with van der Waals surface area (Å²) in [5, 5.41) is 16.8.